The van der Waals surface area contributed by atoms with E-state index in [0.717, 1.165) is 0 Å². The van der Waals surface area contributed by atoms with Gasteiger partial charge in [0.25, 0.3) is 11.6 Å². The van der Waals surface area contributed by atoms with Crippen molar-refractivity contribution in [1.82, 2.24) is 9.80 Å². The fourth-order valence-corrected chi connectivity index (χ4v) is 3.63. The lowest BCUT2D eigenvalue weighted by Crippen LogP contribution is -2.35. The topological polar surface area (TPSA) is 96.9 Å². The van der Waals surface area contributed by atoms with Crippen molar-refractivity contribution in [3.8, 4) is 0 Å². The van der Waals surface area contributed by atoms with Gasteiger partial charge in [0.1, 0.15) is 5.58 Å². The summed E-state index contributed by atoms with van der Waals surface area (Å²) in [5, 5.41) is 11.4. The second kappa shape index (κ2) is 7.14. The third-order valence-electron chi connectivity index (χ3n) is 5.08. The Morgan fingerprint density at radius 2 is 1.79 bits per heavy atom. The lowest BCUT2D eigenvalue weighted by molar-refractivity contribution is -0.384. The van der Waals surface area contributed by atoms with Gasteiger partial charge < -0.3 is 14.2 Å². The van der Waals surface area contributed by atoms with E-state index in [1.54, 1.807) is 41.3 Å². The molecule has 0 radical (unpaired) electrons. The smallest absolute Gasteiger partial charge is 0.290 e. The van der Waals surface area contributed by atoms with Gasteiger partial charge in [0.15, 0.2) is 5.43 Å². The van der Waals surface area contributed by atoms with Crippen LogP contribution in [0.2, 0.25) is 0 Å². The van der Waals surface area contributed by atoms with Crippen LogP contribution in [-0.4, -0.2) is 47.8 Å². The molecule has 8 heteroatoms. The molecule has 0 saturated heterocycles. The summed E-state index contributed by atoms with van der Waals surface area (Å²) in [6, 6.07) is 12.1. The molecule has 0 spiro atoms. The van der Waals surface area contributed by atoms with Gasteiger partial charge in [-0.2, -0.15) is 0 Å². The molecule has 0 N–H and O–H groups in total. The number of para-hydroxylation sites is 1. The molecule has 1 amide bonds. The van der Waals surface area contributed by atoms with Crippen molar-refractivity contribution in [2.24, 2.45) is 0 Å². The minimum atomic E-state index is -0.654. The summed E-state index contributed by atoms with van der Waals surface area (Å²) in [6.07, 6.45) is 0. The van der Waals surface area contributed by atoms with Gasteiger partial charge in [-0.3, -0.25) is 19.7 Å². The SMILES string of the molecule is CN(C)CCN1C(=O)c2oc3ccccc3c(=O)c2C1c1ccc([N+](=O)[O-])cc1. The summed E-state index contributed by atoms with van der Waals surface area (Å²) in [5.74, 6) is -0.316. The standard InChI is InChI=1S/C21H19N3O5/c1-22(2)11-12-23-18(13-7-9-14(10-8-13)24(27)28)17-19(25)15-5-3-4-6-16(15)29-20(17)21(23)26/h3-10,18H,11-12H2,1-2H3. The van der Waals surface area contributed by atoms with Gasteiger partial charge in [-0.25, -0.2) is 0 Å². The van der Waals surface area contributed by atoms with Crippen molar-refractivity contribution < 1.29 is 14.1 Å². The van der Waals surface area contributed by atoms with E-state index in [-0.39, 0.29) is 28.3 Å². The maximum absolute atomic E-state index is 13.3. The zero-order valence-corrected chi connectivity index (χ0v) is 16.0. The molecule has 29 heavy (non-hydrogen) atoms. The maximum atomic E-state index is 13.3. The van der Waals surface area contributed by atoms with Crippen molar-refractivity contribution in [1.29, 1.82) is 0 Å². The molecular weight excluding hydrogens is 374 g/mol. The van der Waals surface area contributed by atoms with Crippen LogP contribution in [0, 0.1) is 10.1 Å². The molecule has 0 aliphatic carbocycles. The van der Waals surface area contributed by atoms with Crippen LogP contribution in [0.4, 0.5) is 5.69 Å². The first-order valence-corrected chi connectivity index (χ1v) is 9.14. The van der Waals surface area contributed by atoms with E-state index in [1.165, 1.54) is 12.1 Å². The molecule has 0 saturated carbocycles. The van der Waals surface area contributed by atoms with E-state index in [0.29, 0.717) is 29.6 Å². The summed E-state index contributed by atoms with van der Waals surface area (Å²) in [7, 11) is 3.79. The summed E-state index contributed by atoms with van der Waals surface area (Å²) in [6.45, 7) is 0.977. The van der Waals surface area contributed by atoms with Crippen molar-refractivity contribution in [3.05, 3.63) is 85.8 Å². The van der Waals surface area contributed by atoms with Crippen LogP contribution < -0.4 is 5.43 Å². The zero-order valence-electron chi connectivity index (χ0n) is 16.0. The maximum Gasteiger partial charge on any atom is 0.290 e. The fourth-order valence-electron chi connectivity index (χ4n) is 3.63. The van der Waals surface area contributed by atoms with Gasteiger partial charge in [-0.05, 0) is 43.9 Å². The highest BCUT2D eigenvalue weighted by atomic mass is 16.6. The second-order valence-electron chi connectivity index (χ2n) is 7.22. The van der Waals surface area contributed by atoms with Gasteiger partial charge in [0.05, 0.1) is 21.9 Å². The third kappa shape index (κ3) is 3.17. The van der Waals surface area contributed by atoms with Crippen LogP contribution in [0.5, 0.6) is 0 Å². The van der Waals surface area contributed by atoms with Crippen LogP contribution in [0.25, 0.3) is 11.0 Å². The Kier molecular flexibility index (Phi) is 4.63. The first-order chi connectivity index (χ1) is 13.9. The number of hydrogen-bond donors (Lipinski definition) is 0. The number of nitrogens with zero attached hydrogens (tertiary/aromatic N) is 3. The molecule has 1 aliphatic heterocycles. The van der Waals surface area contributed by atoms with Crippen molar-refractivity contribution in [3.63, 3.8) is 0 Å². The largest absolute Gasteiger partial charge is 0.450 e. The fraction of sp³-hybridized carbons (Fsp3) is 0.238. The van der Waals surface area contributed by atoms with Crippen LogP contribution in [-0.2, 0) is 0 Å². The van der Waals surface area contributed by atoms with Crippen LogP contribution in [0.1, 0.15) is 27.7 Å². The number of carbonyl (C=O) groups is 1. The molecule has 1 unspecified atom stereocenters. The summed E-state index contributed by atoms with van der Waals surface area (Å²) >= 11 is 0. The molecule has 2 heterocycles. The summed E-state index contributed by atoms with van der Waals surface area (Å²) < 4.78 is 5.84. The molecule has 3 aromatic rings. The zero-order chi connectivity index (χ0) is 20.7. The Bertz CT molecular complexity index is 1170. The van der Waals surface area contributed by atoms with E-state index in [4.69, 9.17) is 4.42 Å². The van der Waals surface area contributed by atoms with Crippen molar-refractivity contribution in [2.45, 2.75) is 6.04 Å². The van der Waals surface area contributed by atoms with E-state index >= 15 is 0 Å². The van der Waals surface area contributed by atoms with Gasteiger partial charge in [-0.1, -0.05) is 12.1 Å². The summed E-state index contributed by atoms with van der Waals surface area (Å²) in [5.41, 5.74) is 0.960. The molecule has 0 fully saturated rings. The number of carbonyl (C=O) groups excluding carboxylic acids is 1. The molecular formula is C21H19N3O5. The number of nitro benzene ring substituents is 1. The molecule has 2 aromatic carbocycles. The number of rotatable bonds is 5. The lowest BCUT2D eigenvalue weighted by Gasteiger charge is -2.26. The number of non-ortho nitro benzene ring substituents is 1. The van der Waals surface area contributed by atoms with Crippen LogP contribution >= 0.6 is 0 Å². The predicted octanol–water partition coefficient (Wildman–Crippen LogP) is 2.81. The molecule has 0 bridgehead atoms. The molecule has 1 atom stereocenters. The Morgan fingerprint density at radius 3 is 2.45 bits per heavy atom. The number of benzene rings is 2. The van der Waals surface area contributed by atoms with E-state index < -0.39 is 11.0 Å². The van der Waals surface area contributed by atoms with E-state index in [9.17, 15) is 19.7 Å². The Labute approximate surface area is 166 Å². The van der Waals surface area contributed by atoms with Crippen LogP contribution in [0.3, 0.4) is 0 Å². The minimum Gasteiger partial charge on any atom is -0.450 e. The van der Waals surface area contributed by atoms with Crippen molar-refractivity contribution >= 4 is 22.6 Å². The van der Waals surface area contributed by atoms with E-state index in [2.05, 4.69) is 0 Å². The first kappa shape index (κ1) is 18.8. The second-order valence-corrected chi connectivity index (χ2v) is 7.22. The quantitative estimate of drug-likeness (QED) is 0.488. The highest BCUT2D eigenvalue weighted by Crippen LogP contribution is 2.38. The highest BCUT2D eigenvalue weighted by molar-refractivity contribution is 5.99. The number of likely N-dealkylation sites (N-methyl/N-ethyl adjacent to an activating group) is 1. The van der Waals surface area contributed by atoms with E-state index in [1.807, 2.05) is 19.0 Å². The normalized spacial score (nSPS) is 15.9. The third-order valence-corrected chi connectivity index (χ3v) is 5.08. The number of nitro groups is 1. The lowest BCUT2D eigenvalue weighted by atomic mass is 9.98. The molecule has 8 nitrogen and oxygen atoms in total. The monoisotopic (exact) mass is 393 g/mol. The van der Waals surface area contributed by atoms with Gasteiger partial charge in [-0.15, -0.1) is 0 Å². The molecule has 1 aromatic heterocycles. The van der Waals surface area contributed by atoms with Gasteiger partial charge in [0, 0.05) is 25.2 Å². The summed E-state index contributed by atoms with van der Waals surface area (Å²) in [4.78, 5) is 40.4. The highest BCUT2D eigenvalue weighted by Gasteiger charge is 2.42. The average molecular weight is 393 g/mol. The first-order valence-electron chi connectivity index (χ1n) is 9.14. The number of hydrogen-bond acceptors (Lipinski definition) is 6. The van der Waals surface area contributed by atoms with Crippen molar-refractivity contribution in [2.75, 3.05) is 27.2 Å². The predicted molar refractivity (Wildman–Crippen MR) is 107 cm³/mol. The molecule has 1 aliphatic rings. The Morgan fingerprint density at radius 1 is 1.10 bits per heavy atom. The molecule has 4 rings (SSSR count). The average Bonchev–Trinajstić information content (AvgIpc) is 2.99. The Hall–Kier alpha value is -3.52. The van der Waals surface area contributed by atoms with Gasteiger partial charge >= 0.3 is 0 Å². The molecule has 148 valence electrons. The van der Waals surface area contributed by atoms with Crippen LogP contribution in [0.15, 0.2) is 57.7 Å². The minimum absolute atomic E-state index is 0.0378. The Balaban J connectivity index is 1.90. The number of amides is 1. The van der Waals surface area contributed by atoms with Gasteiger partial charge in [0.2, 0.25) is 5.76 Å². The number of fused-ring (bicyclic) bond motifs is 2.